The predicted molar refractivity (Wildman–Crippen MR) is 54.8 cm³/mol. The highest BCUT2D eigenvalue weighted by Gasteiger charge is 1.80. The van der Waals surface area contributed by atoms with E-state index in [-0.39, 0.29) is 0 Å². The molecule has 0 heterocycles. The predicted octanol–water partition coefficient (Wildman–Crippen LogP) is 4.34. The fourth-order valence-electron chi connectivity index (χ4n) is 0.523. The third-order valence-corrected chi connectivity index (χ3v) is 1.05. The lowest BCUT2D eigenvalue weighted by molar-refractivity contribution is 1.09. The molecule has 66 valence electrons. The Labute approximate surface area is 72.0 Å². The monoisotopic (exact) mass is 154 g/mol. The molecule has 0 saturated heterocycles. The largest absolute Gasteiger partial charge is 0.0961 e. The van der Waals surface area contributed by atoms with Crippen LogP contribution in [0.5, 0.6) is 0 Å². The highest BCUT2D eigenvalue weighted by molar-refractivity contribution is 5.16. The van der Waals surface area contributed by atoms with Crippen LogP contribution < -0.4 is 0 Å². The quantitative estimate of drug-likeness (QED) is 0.519. The van der Waals surface area contributed by atoms with Crippen molar-refractivity contribution in [3.63, 3.8) is 0 Å². The van der Waals surface area contributed by atoms with Crippen LogP contribution in [0.2, 0.25) is 0 Å². The van der Waals surface area contributed by atoms with Crippen LogP contribution in [0.4, 0.5) is 0 Å². The number of hydrogen-bond acceptors (Lipinski definition) is 0. The van der Waals surface area contributed by atoms with Gasteiger partial charge in [-0.15, -0.1) is 0 Å². The Morgan fingerprint density at radius 3 is 1.64 bits per heavy atom. The van der Waals surface area contributed by atoms with Crippen molar-refractivity contribution in [2.75, 3.05) is 0 Å². The minimum absolute atomic E-state index is 1.13. The van der Waals surface area contributed by atoms with Gasteiger partial charge in [-0.1, -0.05) is 51.0 Å². The van der Waals surface area contributed by atoms with Crippen molar-refractivity contribution >= 4 is 0 Å². The van der Waals surface area contributed by atoms with Crippen LogP contribution in [-0.4, -0.2) is 0 Å². The maximum absolute atomic E-state index is 3.77. The summed E-state index contributed by atoms with van der Waals surface area (Å²) < 4.78 is 0. The van der Waals surface area contributed by atoms with Gasteiger partial charge in [-0.3, -0.25) is 0 Å². The number of rotatable bonds is 2. The minimum atomic E-state index is 1.13. The third-order valence-electron chi connectivity index (χ3n) is 1.05. The Hall–Kier alpha value is -0.520. The maximum Gasteiger partial charge on any atom is -0.0348 e. The summed E-state index contributed by atoms with van der Waals surface area (Å²) in [6.45, 7) is 14.3. The van der Waals surface area contributed by atoms with Gasteiger partial charge in [0.05, 0.1) is 0 Å². The zero-order valence-corrected chi connectivity index (χ0v) is 8.70. The molecular formula is C11H22. The van der Waals surface area contributed by atoms with E-state index in [9.17, 15) is 0 Å². The Bertz CT molecular complexity index is 118. The summed E-state index contributed by atoms with van der Waals surface area (Å²) in [5.74, 6) is 0. The van der Waals surface area contributed by atoms with Crippen LogP contribution in [0.3, 0.4) is 0 Å². The molecule has 0 atom stereocenters. The van der Waals surface area contributed by atoms with Crippen molar-refractivity contribution in [2.45, 2.75) is 47.5 Å². The van der Waals surface area contributed by atoms with Gasteiger partial charge < -0.3 is 0 Å². The summed E-state index contributed by atoms with van der Waals surface area (Å²) in [7, 11) is 0. The molecule has 0 N–H and O–H groups in total. The SMILES string of the molecule is C=C(C)/C=C(/C)CC.CCC. The zero-order chi connectivity index (χ0) is 9.28. The molecular weight excluding hydrogens is 132 g/mol. The van der Waals surface area contributed by atoms with E-state index < -0.39 is 0 Å². The van der Waals surface area contributed by atoms with Crippen molar-refractivity contribution in [2.24, 2.45) is 0 Å². The standard InChI is InChI=1S/C8H14.C3H8/c1-5-8(4)6-7(2)3;1-3-2/h6H,2,5H2,1,3-4H3;3H2,1-2H3/b8-6-;. The smallest absolute Gasteiger partial charge is 0.0348 e. The molecule has 0 unspecified atom stereocenters. The lowest BCUT2D eigenvalue weighted by Gasteiger charge is -1.91. The van der Waals surface area contributed by atoms with Gasteiger partial charge in [-0.05, 0) is 20.3 Å². The van der Waals surface area contributed by atoms with Crippen LogP contribution in [0.1, 0.15) is 47.5 Å². The van der Waals surface area contributed by atoms with E-state index in [1.54, 1.807) is 0 Å². The second-order valence-corrected chi connectivity index (χ2v) is 2.90. The van der Waals surface area contributed by atoms with E-state index in [0.29, 0.717) is 0 Å². The van der Waals surface area contributed by atoms with Crippen molar-refractivity contribution in [1.29, 1.82) is 0 Å². The van der Waals surface area contributed by atoms with Crippen LogP contribution in [-0.2, 0) is 0 Å². The van der Waals surface area contributed by atoms with Gasteiger partial charge >= 0.3 is 0 Å². The van der Waals surface area contributed by atoms with Crippen molar-refractivity contribution < 1.29 is 0 Å². The summed E-state index contributed by atoms with van der Waals surface area (Å²) in [4.78, 5) is 0. The molecule has 0 heteroatoms. The Kier molecular flexibility index (Phi) is 11.3. The fourth-order valence-corrected chi connectivity index (χ4v) is 0.523. The normalized spacial score (nSPS) is 10.1. The van der Waals surface area contributed by atoms with E-state index in [0.717, 1.165) is 12.0 Å². The molecule has 0 saturated carbocycles. The molecule has 0 aliphatic rings. The summed E-state index contributed by atoms with van der Waals surface area (Å²) in [5, 5.41) is 0. The lowest BCUT2D eigenvalue weighted by Crippen LogP contribution is -1.70. The highest BCUT2D eigenvalue weighted by Crippen LogP contribution is 2.01. The first-order valence-corrected chi connectivity index (χ1v) is 4.41. The maximum atomic E-state index is 3.77. The topological polar surface area (TPSA) is 0 Å². The van der Waals surface area contributed by atoms with E-state index >= 15 is 0 Å². The fraction of sp³-hybridized carbons (Fsp3) is 0.636. The van der Waals surface area contributed by atoms with Gasteiger partial charge in [0.1, 0.15) is 0 Å². The van der Waals surface area contributed by atoms with Gasteiger partial charge in [-0.25, -0.2) is 0 Å². The van der Waals surface area contributed by atoms with Gasteiger partial charge in [0.25, 0.3) is 0 Å². The molecule has 0 aromatic rings. The first-order chi connectivity index (χ1) is 5.08. The van der Waals surface area contributed by atoms with Crippen LogP contribution in [0, 0.1) is 0 Å². The minimum Gasteiger partial charge on any atom is -0.0961 e. The molecule has 0 radical (unpaired) electrons. The molecule has 0 aliphatic heterocycles. The zero-order valence-electron chi connectivity index (χ0n) is 8.70. The molecule has 0 fully saturated rings. The molecule has 0 bridgehead atoms. The molecule has 0 amide bonds. The summed E-state index contributed by atoms with van der Waals surface area (Å²) in [6, 6.07) is 0. The first-order valence-electron chi connectivity index (χ1n) is 4.41. The summed E-state index contributed by atoms with van der Waals surface area (Å²) in [6.07, 6.45) is 4.49. The molecule has 0 aromatic heterocycles. The van der Waals surface area contributed by atoms with E-state index in [1.165, 1.54) is 12.0 Å². The number of allylic oxidation sites excluding steroid dienone is 3. The van der Waals surface area contributed by atoms with Crippen LogP contribution >= 0.6 is 0 Å². The molecule has 11 heavy (non-hydrogen) atoms. The number of hydrogen-bond donors (Lipinski definition) is 0. The van der Waals surface area contributed by atoms with Gasteiger partial charge in [-0.2, -0.15) is 0 Å². The van der Waals surface area contributed by atoms with Gasteiger partial charge in [0.2, 0.25) is 0 Å². The van der Waals surface area contributed by atoms with Crippen LogP contribution in [0.25, 0.3) is 0 Å². The molecule has 0 spiro atoms. The average Bonchev–Trinajstić information content (AvgIpc) is 1.88. The van der Waals surface area contributed by atoms with E-state index in [1.807, 2.05) is 6.92 Å². The average molecular weight is 154 g/mol. The van der Waals surface area contributed by atoms with Crippen molar-refractivity contribution in [3.05, 3.63) is 23.8 Å². The molecule has 0 rings (SSSR count). The molecule has 0 aliphatic carbocycles. The Morgan fingerprint density at radius 2 is 1.55 bits per heavy atom. The summed E-state index contributed by atoms with van der Waals surface area (Å²) in [5.41, 5.74) is 2.54. The highest BCUT2D eigenvalue weighted by atomic mass is 13.9. The third kappa shape index (κ3) is 17.7. The Balaban J connectivity index is 0. The van der Waals surface area contributed by atoms with E-state index in [4.69, 9.17) is 0 Å². The van der Waals surface area contributed by atoms with Gasteiger partial charge in [0.15, 0.2) is 0 Å². The molecule has 0 nitrogen and oxygen atoms in total. The van der Waals surface area contributed by atoms with Crippen LogP contribution in [0.15, 0.2) is 23.8 Å². The first kappa shape index (κ1) is 13.1. The lowest BCUT2D eigenvalue weighted by atomic mass is 10.2. The summed E-state index contributed by atoms with van der Waals surface area (Å²) >= 11 is 0. The second kappa shape index (κ2) is 9.48. The Morgan fingerprint density at radius 1 is 1.18 bits per heavy atom. The second-order valence-electron chi connectivity index (χ2n) is 2.90. The van der Waals surface area contributed by atoms with E-state index in [2.05, 4.69) is 40.3 Å². The van der Waals surface area contributed by atoms with Gasteiger partial charge in [0, 0.05) is 0 Å². The van der Waals surface area contributed by atoms with Crippen molar-refractivity contribution in [3.8, 4) is 0 Å². The molecule has 0 aromatic carbocycles. The van der Waals surface area contributed by atoms with Crippen molar-refractivity contribution in [1.82, 2.24) is 0 Å².